The summed E-state index contributed by atoms with van der Waals surface area (Å²) in [6, 6.07) is -1.04. The number of sulfonamides is 1. The number of carboxylic acids is 1. The standard InChI is InChI=1S/C14H24N2O5S/c1-10(2)13(16-7-4-8-22(16,20)21)14(19)15-6-3-5-11(15)9-12(17)18/h10-11,13H,3-9H2,1-2H3,(H,17,18). The zero-order valence-electron chi connectivity index (χ0n) is 13.1. The first-order valence-corrected chi connectivity index (χ1v) is 9.36. The Labute approximate surface area is 131 Å². The largest absolute Gasteiger partial charge is 0.481 e. The summed E-state index contributed by atoms with van der Waals surface area (Å²) >= 11 is 0. The predicted molar refractivity (Wildman–Crippen MR) is 80.7 cm³/mol. The van der Waals surface area contributed by atoms with Crippen molar-refractivity contribution in [1.82, 2.24) is 9.21 Å². The average molecular weight is 332 g/mol. The molecule has 2 atom stereocenters. The minimum absolute atomic E-state index is 0.0801. The number of hydrogen-bond acceptors (Lipinski definition) is 4. The summed E-state index contributed by atoms with van der Waals surface area (Å²) in [5, 5.41) is 8.97. The molecule has 0 aliphatic carbocycles. The van der Waals surface area contributed by atoms with E-state index in [1.807, 2.05) is 13.8 Å². The van der Waals surface area contributed by atoms with Gasteiger partial charge in [0.15, 0.2) is 0 Å². The number of carboxylic acid groups (broad SMARTS) is 1. The van der Waals surface area contributed by atoms with Gasteiger partial charge in [0.05, 0.1) is 12.2 Å². The molecule has 0 aromatic carbocycles. The highest BCUT2D eigenvalue weighted by Gasteiger charge is 2.43. The van der Waals surface area contributed by atoms with E-state index in [1.165, 1.54) is 4.31 Å². The molecule has 2 heterocycles. The van der Waals surface area contributed by atoms with Crippen molar-refractivity contribution in [3.8, 4) is 0 Å². The van der Waals surface area contributed by atoms with Gasteiger partial charge in [0, 0.05) is 19.1 Å². The van der Waals surface area contributed by atoms with Crippen molar-refractivity contribution in [2.45, 2.75) is 51.6 Å². The van der Waals surface area contributed by atoms with Crippen molar-refractivity contribution >= 4 is 21.9 Å². The second kappa shape index (κ2) is 6.54. The van der Waals surface area contributed by atoms with Crippen LogP contribution in [0.5, 0.6) is 0 Å². The maximum atomic E-state index is 12.9. The fourth-order valence-corrected chi connectivity index (χ4v) is 5.24. The lowest BCUT2D eigenvalue weighted by Gasteiger charge is -2.34. The molecule has 22 heavy (non-hydrogen) atoms. The summed E-state index contributed by atoms with van der Waals surface area (Å²) in [4.78, 5) is 25.4. The monoisotopic (exact) mass is 332 g/mol. The van der Waals surface area contributed by atoms with Crippen molar-refractivity contribution in [1.29, 1.82) is 0 Å². The number of nitrogens with zero attached hydrogens (tertiary/aromatic N) is 2. The second-order valence-electron chi connectivity index (χ2n) is 6.39. The molecular formula is C14H24N2O5S. The molecule has 2 fully saturated rings. The van der Waals surface area contributed by atoms with Crippen molar-refractivity contribution in [3.05, 3.63) is 0 Å². The average Bonchev–Trinajstić information content (AvgIpc) is 2.96. The Balaban J connectivity index is 2.21. The molecule has 2 unspecified atom stereocenters. The first-order valence-electron chi connectivity index (χ1n) is 7.76. The lowest BCUT2D eigenvalue weighted by Crippen LogP contribution is -2.53. The molecule has 0 aromatic rings. The smallest absolute Gasteiger partial charge is 0.305 e. The molecule has 2 aliphatic heterocycles. The van der Waals surface area contributed by atoms with Crippen LogP contribution >= 0.6 is 0 Å². The summed E-state index contributed by atoms with van der Waals surface area (Å²) in [7, 11) is -3.38. The molecule has 1 amide bonds. The van der Waals surface area contributed by atoms with Crippen LogP contribution in [0, 0.1) is 5.92 Å². The number of likely N-dealkylation sites (tertiary alicyclic amines) is 1. The molecule has 1 N–H and O–H groups in total. The van der Waals surface area contributed by atoms with Gasteiger partial charge in [-0.2, -0.15) is 4.31 Å². The lowest BCUT2D eigenvalue weighted by atomic mass is 10.0. The summed E-state index contributed by atoms with van der Waals surface area (Å²) in [6.07, 6.45) is 1.89. The predicted octanol–water partition coefficient (Wildman–Crippen LogP) is 0.512. The van der Waals surface area contributed by atoms with Gasteiger partial charge >= 0.3 is 5.97 Å². The van der Waals surface area contributed by atoms with E-state index in [4.69, 9.17) is 5.11 Å². The third-order valence-corrected chi connectivity index (χ3v) is 6.33. The molecule has 0 bridgehead atoms. The minimum Gasteiger partial charge on any atom is -0.481 e. The fourth-order valence-electron chi connectivity index (χ4n) is 3.42. The highest BCUT2D eigenvalue weighted by Crippen LogP contribution is 2.28. The Hall–Kier alpha value is -1.15. The van der Waals surface area contributed by atoms with E-state index < -0.39 is 22.0 Å². The highest BCUT2D eigenvalue weighted by molar-refractivity contribution is 7.89. The van der Waals surface area contributed by atoms with Gasteiger partial charge < -0.3 is 10.0 Å². The van der Waals surface area contributed by atoms with Gasteiger partial charge in [-0.3, -0.25) is 9.59 Å². The van der Waals surface area contributed by atoms with Crippen LogP contribution in [0.1, 0.15) is 39.5 Å². The summed E-state index contributed by atoms with van der Waals surface area (Å²) in [6.45, 7) is 4.54. The van der Waals surface area contributed by atoms with Gasteiger partial charge in [0.25, 0.3) is 0 Å². The molecular weight excluding hydrogens is 308 g/mol. The number of amides is 1. The third kappa shape index (κ3) is 3.43. The van der Waals surface area contributed by atoms with Gasteiger partial charge in [0.2, 0.25) is 15.9 Å². The second-order valence-corrected chi connectivity index (χ2v) is 8.44. The number of aliphatic carboxylic acids is 1. The molecule has 0 radical (unpaired) electrons. The van der Waals surface area contributed by atoms with Crippen LogP contribution < -0.4 is 0 Å². The fraction of sp³-hybridized carbons (Fsp3) is 0.857. The van der Waals surface area contributed by atoms with E-state index >= 15 is 0 Å². The van der Waals surface area contributed by atoms with Crippen LogP contribution in [0.25, 0.3) is 0 Å². The number of rotatable bonds is 5. The van der Waals surface area contributed by atoms with Gasteiger partial charge in [0.1, 0.15) is 6.04 Å². The van der Waals surface area contributed by atoms with Gasteiger partial charge in [-0.05, 0) is 25.2 Å². The van der Waals surface area contributed by atoms with E-state index in [2.05, 4.69) is 0 Å². The van der Waals surface area contributed by atoms with Crippen LogP contribution in [0.15, 0.2) is 0 Å². The van der Waals surface area contributed by atoms with Gasteiger partial charge in [-0.1, -0.05) is 13.8 Å². The number of carbonyl (C=O) groups is 2. The molecule has 2 aliphatic rings. The van der Waals surface area contributed by atoms with Crippen molar-refractivity contribution < 1.29 is 23.1 Å². The molecule has 8 heteroatoms. The van der Waals surface area contributed by atoms with Crippen LogP contribution in [-0.2, 0) is 19.6 Å². The van der Waals surface area contributed by atoms with Crippen molar-refractivity contribution in [2.24, 2.45) is 5.92 Å². The van der Waals surface area contributed by atoms with E-state index in [1.54, 1.807) is 4.90 Å². The summed E-state index contributed by atoms with van der Waals surface area (Å²) < 4.78 is 25.6. The first kappa shape index (κ1) is 17.2. The highest BCUT2D eigenvalue weighted by atomic mass is 32.2. The van der Waals surface area contributed by atoms with Gasteiger partial charge in [-0.15, -0.1) is 0 Å². The normalized spacial score (nSPS) is 26.5. The Morgan fingerprint density at radius 2 is 1.91 bits per heavy atom. The van der Waals surface area contributed by atoms with E-state index in [-0.39, 0.29) is 30.0 Å². The maximum absolute atomic E-state index is 12.9. The van der Waals surface area contributed by atoms with E-state index in [9.17, 15) is 18.0 Å². The molecule has 7 nitrogen and oxygen atoms in total. The molecule has 2 rings (SSSR count). The lowest BCUT2D eigenvalue weighted by molar-refractivity contribution is -0.141. The minimum atomic E-state index is -3.38. The van der Waals surface area contributed by atoms with Gasteiger partial charge in [-0.25, -0.2) is 8.42 Å². The van der Waals surface area contributed by atoms with E-state index in [0.29, 0.717) is 25.9 Å². The molecule has 0 spiro atoms. The van der Waals surface area contributed by atoms with Crippen LogP contribution in [-0.4, -0.2) is 65.5 Å². The van der Waals surface area contributed by atoms with E-state index in [0.717, 1.165) is 6.42 Å². The Bertz CT molecular complexity index is 545. The number of carbonyl (C=O) groups excluding carboxylic acids is 1. The van der Waals surface area contributed by atoms with Crippen LogP contribution in [0.2, 0.25) is 0 Å². The quantitative estimate of drug-likeness (QED) is 0.791. The molecule has 126 valence electrons. The molecule has 0 aromatic heterocycles. The summed E-state index contributed by atoms with van der Waals surface area (Å²) in [5.41, 5.74) is 0. The first-order chi connectivity index (χ1) is 10.2. The van der Waals surface area contributed by atoms with Crippen molar-refractivity contribution in [3.63, 3.8) is 0 Å². The van der Waals surface area contributed by atoms with Crippen LogP contribution in [0.4, 0.5) is 0 Å². The summed E-state index contributed by atoms with van der Waals surface area (Å²) in [5.74, 6) is -1.24. The zero-order chi connectivity index (χ0) is 16.5. The maximum Gasteiger partial charge on any atom is 0.305 e. The zero-order valence-corrected chi connectivity index (χ0v) is 13.9. The Morgan fingerprint density at radius 3 is 2.41 bits per heavy atom. The molecule has 0 saturated carbocycles. The topological polar surface area (TPSA) is 95.0 Å². The van der Waals surface area contributed by atoms with Crippen molar-refractivity contribution in [2.75, 3.05) is 18.8 Å². The Morgan fingerprint density at radius 1 is 1.23 bits per heavy atom. The van der Waals surface area contributed by atoms with Crippen LogP contribution in [0.3, 0.4) is 0 Å². The SMILES string of the molecule is CC(C)C(C(=O)N1CCCC1CC(=O)O)N1CCCS1(=O)=O. The number of hydrogen-bond donors (Lipinski definition) is 1. The molecule has 2 saturated heterocycles. The third-order valence-electron chi connectivity index (χ3n) is 4.40. The Kier molecular flexibility index (Phi) is 5.11.